The molecule has 9 heteroatoms. The van der Waals surface area contributed by atoms with Crippen LogP contribution in [0.5, 0.6) is 5.75 Å². The number of rotatable bonds is 6. The molecule has 5 rings (SSSR count). The highest BCUT2D eigenvalue weighted by atomic mass is 35.5. The minimum Gasteiger partial charge on any atom is -0.488 e. The number of hydrogen-bond donors (Lipinski definition) is 3. The Hall–Kier alpha value is -3.20. The van der Waals surface area contributed by atoms with Crippen LogP contribution in [-0.2, 0) is 12.0 Å². The molecule has 2 aliphatic heterocycles. The van der Waals surface area contributed by atoms with E-state index in [-0.39, 0.29) is 34.1 Å². The van der Waals surface area contributed by atoms with E-state index in [0.717, 1.165) is 5.56 Å². The van der Waals surface area contributed by atoms with Crippen LogP contribution in [0.15, 0.2) is 48.5 Å². The van der Waals surface area contributed by atoms with Crippen LogP contribution in [0.1, 0.15) is 28.4 Å². The molecule has 0 aliphatic carbocycles. The first-order valence-corrected chi connectivity index (χ1v) is 12.1. The maximum atomic E-state index is 16.0. The van der Waals surface area contributed by atoms with Crippen molar-refractivity contribution >= 4 is 23.2 Å². The number of carbonyl (C=O) groups is 1. The zero-order valence-electron chi connectivity index (χ0n) is 19.7. The number of ether oxygens (including phenoxy) is 1. The van der Waals surface area contributed by atoms with Gasteiger partial charge in [0.05, 0.1) is 22.2 Å². The Morgan fingerprint density at radius 1 is 1.25 bits per heavy atom. The van der Waals surface area contributed by atoms with Crippen molar-refractivity contribution in [2.24, 2.45) is 5.73 Å². The Morgan fingerprint density at radius 3 is 2.69 bits per heavy atom. The molecule has 2 aliphatic rings. The number of nitrogens with two attached hydrogens (primary N) is 1. The number of hydrogen-bond acceptors (Lipinski definition) is 5. The van der Waals surface area contributed by atoms with Crippen LogP contribution in [0.3, 0.4) is 0 Å². The molecular formula is C27H26ClF2N3O3. The van der Waals surface area contributed by atoms with E-state index < -0.39 is 29.2 Å². The number of piperazine rings is 1. The van der Waals surface area contributed by atoms with E-state index in [4.69, 9.17) is 22.1 Å². The van der Waals surface area contributed by atoms with Crippen LogP contribution in [0, 0.1) is 11.6 Å². The van der Waals surface area contributed by atoms with E-state index in [0.29, 0.717) is 37.3 Å². The summed E-state index contributed by atoms with van der Waals surface area (Å²) in [6.45, 7) is 3.22. The molecule has 3 aromatic rings. The van der Waals surface area contributed by atoms with Crippen LogP contribution >= 0.6 is 11.6 Å². The number of benzene rings is 3. The predicted molar refractivity (Wildman–Crippen MR) is 135 cm³/mol. The number of nitrogens with zero attached hydrogens (tertiary/aromatic N) is 1. The lowest BCUT2D eigenvalue weighted by molar-refractivity contribution is 0.0999. The number of primary amides is 1. The van der Waals surface area contributed by atoms with Gasteiger partial charge < -0.3 is 25.8 Å². The van der Waals surface area contributed by atoms with Crippen molar-refractivity contribution < 1.29 is 23.4 Å². The molecule has 188 valence electrons. The molecule has 3 aromatic carbocycles. The van der Waals surface area contributed by atoms with Gasteiger partial charge in [-0.25, -0.2) is 8.78 Å². The fourth-order valence-corrected chi connectivity index (χ4v) is 5.63. The Morgan fingerprint density at radius 2 is 2.00 bits per heavy atom. The summed E-state index contributed by atoms with van der Waals surface area (Å²) in [5.41, 5.74) is 7.07. The van der Waals surface area contributed by atoms with Crippen molar-refractivity contribution in [3.63, 3.8) is 0 Å². The van der Waals surface area contributed by atoms with Gasteiger partial charge in [0, 0.05) is 42.9 Å². The largest absolute Gasteiger partial charge is 0.488 e. The molecule has 36 heavy (non-hydrogen) atoms. The molecule has 0 radical (unpaired) electrons. The molecule has 6 nitrogen and oxygen atoms in total. The molecule has 0 unspecified atom stereocenters. The van der Waals surface area contributed by atoms with Crippen molar-refractivity contribution in [1.82, 2.24) is 5.32 Å². The highest BCUT2D eigenvalue weighted by Crippen LogP contribution is 2.52. The van der Waals surface area contributed by atoms with Crippen LogP contribution < -0.4 is 20.7 Å². The fourth-order valence-electron chi connectivity index (χ4n) is 5.36. The van der Waals surface area contributed by atoms with Crippen LogP contribution in [-0.4, -0.2) is 43.4 Å². The minimum atomic E-state index is -0.890. The molecule has 0 saturated carbocycles. The van der Waals surface area contributed by atoms with Gasteiger partial charge in [0.1, 0.15) is 12.4 Å². The van der Waals surface area contributed by atoms with Gasteiger partial charge >= 0.3 is 0 Å². The number of halogens is 3. The molecule has 0 aromatic heterocycles. The molecule has 1 saturated heterocycles. The quantitative estimate of drug-likeness (QED) is 0.464. The number of nitrogens with one attached hydrogen (secondary N) is 1. The van der Waals surface area contributed by atoms with Crippen molar-refractivity contribution in [2.45, 2.75) is 25.0 Å². The van der Waals surface area contributed by atoms with Gasteiger partial charge in [0.2, 0.25) is 5.91 Å². The summed E-state index contributed by atoms with van der Waals surface area (Å²) in [5, 5.41) is 12.7. The van der Waals surface area contributed by atoms with Gasteiger partial charge in [0.25, 0.3) is 0 Å². The topological polar surface area (TPSA) is 87.8 Å². The summed E-state index contributed by atoms with van der Waals surface area (Å²) in [7, 11) is 0. The summed E-state index contributed by atoms with van der Waals surface area (Å²) in [6.07, 6.45) is -0.440. The molecule has 1 amide bonds. The van der Waals surface area contributed by atoms with Gasteiger partial charge in [-0.15, -0.1) is 0 Å². The lowest BCUT2D eigenvalue weighted by Crippen LogP contribution is -2.57. The number of fused-ring (bicyclic) bond motifs is 3. The van der Waals surface area contributed by atoms with Gasteiger partial charge in [-0.1, -0.05) is 41.9 Å². The van der Waals surface area contributed by atoms with E-state index in [1.54, 1.807) is 0 Å². The molecule has 2 heterocycles. The SMILES string of the molecule is C[C@H](O)COc1ccc(C(N)=O)c(-c2c(Cl)c(F)cc3c2C[C@]2(c4ccccc4)CNCCN32)c1F. The number of anilines is 1. The van der Waals surface area contributed by atoms with Gasteiger partial charge in [-0.05, 0) is 36.2 Å². The Balaban J connectivity index is 1.76. The zero-order valence-corrected chi connectivity index (χ0v) is 20.4. The summed E-state index contributed by atoms with van der Waals surface area (Å²) in [5.74, 6) is -2.69. The maximum Gasteiger partial charge on any atom is 0.249 e. The molecule has 4 N–H and O–H groups in total. The highest BCUT2D eigenvalue weighted by Gasteiger charge is 2.48. The van der Waals surface area contributed by atoms with Crippen LogP contribution in [0.4, 0.5) is 14.5 Å². The van der Waals surface area contributed by atoms with E-state index in [2.05, 4.69) is 10.2 Å². The monoisotopic (exact) mass is 513 g/mol. The summed E-state index contributed by atoms with van der Waals surface area (Å²) < 4.78 is 36.8. The molecule has 1 fully saturated rings. The number of amides is 1. The molecule has 0 spiro atoms. The van der Waals surface area contributed by atoms with Crippen LogP contribution in [0.25, 0.3) is 11.1 Å². The first-order chi connectivity index (χ1) is 17.2. The van der Waals surface area contributed by atoms with Gasteiger partial charge in [-0.3, -0.25) is 4.79 Å². The molecule has 0 bridgehead atoms. The lowest BCUT2D eigenvalue weighted by Gasteiger charge is -2.45. The Kier molecular flexibility index (Phi) is 6.36. The number of aliphatic hydroxyl groups is 1. The Bertz CT molecular complexity index is 1340. The smallest absolute Gasteiger partial charge is 0.249 e. The van der Waals surface area contributed by atoms with Crippen molar-refractivity contribution in [3.8, 4) is 16.9 Å². The van der Waals surface area contributed by atoms with Crippen molar-refractivity contribution in [2.75, 3.05) is 31.1 Å². The number of aliphatic hydroxyl groups excluding tert-OH is 1. The predicted octanol–water partition coefficient (Wildman–Crippen LogP) is 4.00. The number of carbonyl (C=O) groups excluding carboxylic acids is 1. The standard InChI is InChI=1S/C27H26ClF2N3O3/c1-15(34)13-36-21-8-7-17(26(31)35)23(25(21)30)22-18-12-27(16-5-3-2-4-6-16)14-32-9-10-33(27)20(18)11-19(29)24(22)28/h2-8,11,15,32,34H,9-10,12-14H2,1H3,(H2,31,35)/t15-,27+/m0/s1. The van der Waals surface area contributed by atoms with Crippen molar-refractivity contribution in [3.05, 3.63) is 81.9 Å². The maximum absolute atomic E-state index is 16.0. The second kappa shape index (κ2) is 9.35. The molecular weight excluding hydrogens is 488 g/mol. The highest BCUT2D eigenvalue weighted by molar-refractivity contribution is 6.34. The first kappa shape index (κ1) is 24.5. The first-order valence-electron chi connectivity index (χ1n) is 11.7. The second-order valence-corrected chi connectivity index (χ2v) is 9.65. The van der Waals surface area contributed by atoms with Gasteiger partial charge in [-0.2, -0.15) is 0 Å². The average Bonchev–Trinajstić information content (AvgIpc) is 3.19. The van der Waals surface area contributed by atoms with E-state index in [1.165, 1.54) is 25.1 Å². The zero-order chi connectivity index (χ0) is 25.6. The summed E-state index contributed by atoms with van der Waals surface area (Å²) in [4.78, 5) is 14.5. The lowest BCUT2D eigenvalue weighted by atomic mass is 9.83. The third-order valence-electron chi connectivity index (χ3n) is 6.92. The van der Waals surface area contributed by atoms with Crippen LogP contribution in [0.2, 0.25) is 5.02 Å². The molecule has 2 atom stereocenters. The average molecular weight is 514 g/mol. The Labute approximate surface area is 212 Å². The fraction of sp³-hybridized carbons (Fsp3) is 0.296. The third kappa shape index (κ3) is 3.89. The van der Waals surface area contributed by atoms with E-state index >= 15 is 8.78 Å². The van der Waals surface area contributed by atoms with Gasteiger partial charge in [0.15, 0.2) is 11.6 Å². The third-order valence-corrected chi connectivity index (χ3v) is 7.29. The van der Waals surface area contributed by atoms with E-state index in [9.17, 15) is 9.90 Å². The van der Waals surface area contributed by atoms with Crippen molar-refractivity contribution in [1.29, 1.82) is 0 Å². The summed E-state index contributed by atoms with van der Waals surface area (Å²) in [6, 6.07) is 13.8. The second-order valence-electron chi connectivity index (χ2n) is 9.27. The normalized spacial score (nSPS) is 19.5. The summed E-state index contributed by atoms with van der Waals surface area (Å²) >= 11 is 6.52. The van der Waals surface area contributed by atoms with E-state index in [1.807, 2.05) is 30.3 Å². The minimum absolute atomic E-state index is 0.0881.